The molecule has 166 valence electrons. The minimum absolute atomic E-state index is 0.0118. The van der Waals surface area contributed by atoms with Crippen LogP contribution in [-0.2, 0) is 11.0 Å². The Bertz CT molecular complexity index is 1120. The Morgan fingerprint density at radius 1 is 1.09 bits per heavy atom. The van der Waals surface area contributed by atoms with Crippen molar-refractivity contribution in [2.24, 2.45) is 0 Å². The molecule has 0 N–H and O–H groups in total. The van der Waals surface area contributed by atoms with Gasteiger partial charge in [0, 0.05) is 35.7 Å². The van der Waals surface area contributed by atoms with E-state index in [4.69, 9.17) is 16.1 Å². The largest absolute Gasteiger partial charge is 0.416 e. The van der Waals surface area contributed by atoms with Gasteiger partial charge < -0.3 is 9.42 Å². The van der Waals surface area contributed by atoms with Crippen molar-refractivity contribution in [3.63, 3.8) is 0 Å². The number of alkyl halides is 3. The first-order chi connectivity index (χ1) is 15.3. The molecule has 9 heteroatoms. The first kappa shape index (κ1) is 22.1. The Morgan fingerprint density at radius 2 is 1.78 bits per heavy atom. The maximum Gasteiger partial charge on any atom is 0.416 e. The van der Waals surface area contributed by atoms with Gasteiger partial charge in [-0.15, -0.1) is 0 Å². The fraction of sp³-hybridized carbons (Fsp3) is 0.261. The fourth-order valence-electron chi connectivity index (χ4n) is 3.55. The van der Waals surface area contributed by atoms with Gasteiger partial charge in [0.05, 0.1) is 5.56 Å². The maximum absolute atomic E-state index is 12.7. The molecule has 5 nitrogen and oxygen atoms in total. The highest BCUT2D eigenvalue weighted by molar-refractivity contribution is 6.32. The van der Waals surface area contributed by atoms with E-state index in [2.05, 4.69) is 10.1 Å². The van der Waals surface area contributed by atoms with Gasteiger partial charge in [-0.3, -0.25) is 4.79 Å². The number of hydrogen-bond acceptors (Lipinski definition) is 4. The molecular formula is C23H19ClF3N3O2. The molecule has 1 aliphatic heterocycles. The molecule has 0 bridgehead atoms. The van der Waals surface area contributed by atoms with Crippen LogP contribution < -0.4 is 0 Å². The minimum Gasteiger partial charge on any atom is -0.339 e. The van der Waals surface area contributed by atoms with Crippen molar-refractivity contribution in [2.45, 2.75) is 24.9 Å². The fourth-order valence-corrected chi connectivity index (χ4v) is 3.75. The van der Waals surface area contributed by atoms with Crippen molar-refractivity contribution in [1.29, 1.82) is 0 Å². The van der Waals surface area contributed by atoms with E-state index in [0.717, 1.165) is 17.7 Å². The van der Waals surface area contributed by atoms with Crippen LogP contribution in [0.2, 0.25) is 5.02 Å². The van der Waals surface area contributed by atoms with E-state index in [-0.39, 0.29) is 17.6 Å². The molecule has 1 saturated heterocycles. The number of halogens is 4. The molecule has 32 heavy (non-hydrogen) atoms. The quantitative estimate of drug-likeness (QED) is 0.459. The molecule has 1 aromatic heterocycles. The Hall–Kier alpha value is -3.13. The Kier molecular flexibility index (Phi) is 6.32. The molecule has 1 fully saturated rings. The predicted octanol–water partition coefficient (Wildman–Crippen LogP) is 5.83. The second-order valence-corrected chi connectivity index (χ2v) is 7.89. The van der Waals surface area contributed by atoms with Gasteiger partial charge in [-0.05, 0) is 42.7 Å². The van der Waals surface area contributed by atoms with E-state index in [9.17, 15) is 18.0 Å². The van der Waals surface area contributed by atoms with Gasteiger partial charge in [0.2, 0.25) is 17.6 Å². The maximum atomic E-state index is 12.7. The lowest BCUT2D eigenvalue weighted by atomic mass is 9.96. The molecule has 1 aliphatic rings. The topological polar surface area (TPSA) is 59.2 Å². The molecule has 0 radical (unpaired) electrons. The van der Waals surface area contributed by atoms with E-state index in [1.165, 1.54) is 18.2 Å². The second-order valence-electron chi connectivity index (χ2n) is 7.49. The van der Waals surface area contributed by atoms with Gasteiger partial charge in [0.15, 0.2) is 0 Å². The van der Waals surface area contributed by atoms with E-state index < -0.39 is 11.7 Å². The summed E-state index contributed by atoms with van der Waals surface area (Å²) < 4.78 is 43.5. The number of carbonyl (C=O) groups excluding carboxylic acids is 1. The van der Waals surface area contributed by atoms with Gasteiger partial charge in [0.1, 0.15) is 0 Å². The Morgan fingerprint density at radius 3 is 2.44 bits per heavy atom. The van der Waals surface area contributed by atoms with Crippen LogP contribution in [0.4, 0.5) is 13.2 Å². The molecule has 0 aliphatic carbocycles. The van der Waals surface area contributed by atoms with E-state index >= 15 is 0 Å². The van der Waals surface area contributed by atoms with Crippen LogP contribution in [0.3, 0.4) is 0 Å². The summed E-state index contributed by atoms with van der Waals surface area (Å²) in [6.07, 6.45) is 0.123. The van der Waals surface area contributed by atoms with Crippen LogP contribution in [-0.4, -0.2) is 34.0 Å². The third-order valence-electron chi connectivity index (χ3n) is 5.38. The number of hydrogen-bond donors (Lipinski definition) is 0. The number of carbonyl (C=O) groups is 1. The Labute approximate surface area is 187 Å². The van der Waals surface area contributed by atoms with Gasteiger partial charge >= 0.3 is 6.18 Å². The van der Waals surface area contributed by atoms with Crippen molar-refractivity contribution in [3.8, 4) is 11.4 Å². The van der Waals surface area contributed by atoms with Gasteiger partial charge in [-0.2, -0.15) is 18.2 Å². The summed E-state index contributed by atoms with van der Waals surface area (Å²) in [4.78, 5) is 18.6. The summed E-state index contributed by atoms with van der Waals surface area (Å²) in [6, 6.07) is 11.9. The number of rotatable bonds is 4. The highest BCUT2D eigenvalue weighted by atomic mass is 35.5. The molecule has 4 rings (SSSR count). The van der Waals surface area contributed by atoms with Crippen molar-refractivity contribution < 1.29 is 22.5 Å². The number of nitrogens with zero attached hydrogens (tertiary/aromatic N) is 3. The van der Waals surface area contributed by atoms with Gasteiger partial charge in [-0.1, -0.05) is 47.1 Å². The number of amides is 1. The molecular weight excluding hydrogens is 443 g/mol. The molecule has 2 heterocycles. The van der Waals surface area contributed by atoms with E-state index in [1.807, 2.05) is 18.2 Å². The van der Waals surface area contributed by atoms with Crippen molar-refractivity contribution in [3.05, 3.63) is 76.6 Å². The number of benzene rings is 2. The molecule has 0 saturated carbocycles. The third-order valence-corrected chi connectivity index (χ3v) is 5.72. The monoisotopic (exact) mass is 461 g/mol. The zero-order valence-electron chi connectivity index (χ0n) is 16.8. The van der Waals surface area contributed by atoms with Crippen LogP contribution in [0, 0.1) is 0 Å². The number of piperidine rings is 1. The lowest BCUT2D eigenvalue weighted by Crippen LogP contribution is -2.36. The summed E-state index contributed by atoms with van der Waals surface area (Å²) >= 11 is 6.10. The zero-order chi connectivity index (χ0) is 22.7. The van der Waals surface area contributed by atoms with Gasteiger partial charge in [-0.25, -0.2) is 0 Å². The van der Waals surface area contributed by atoms with Crippen LogP contribution in [0.1, 0.15) is 35.8 Å². The van der Waals surface area contributed by atoms with Crippen molar-refractivity contribution in [2.75, 3.05) is 13.1 Å². The molecule has 1 amide bonds. The normalized spacial score (nSPS) is 15.4. The van der Waals surface area contributed by atoms with Gasteiger partial charge in [0.25, 0.3) is 0 Å². The predicted molar refractivity (Wildman–Crippen MR) is 114 cm³/mol. The summed E-state index contributed by atoms with van der Waals surface area (Å²) in [5.74, 6) is 0.565. The molecule has 0 unspecified atom stereocenters. The third kappa shape index (κ3) is 5.02. The van der Waals surface area contributed by atoms with Crippen LogP contribution in [0.25, 0.3) is 17.5 Å². The lowest BCUT2D eigenvalue weighted by molar-refractivity contribution is -0.137. The SMILES string of the molecule is O=C(/C=C/c1ccccc1Cl)N1CCC(c2nc(-c3ccc(C(F)(F)F)cc3)no2)CC1. The number of aromatic nitrogens is 2. The number of likely N-dealkylation sites (tertiary alicyclic amines) is 1. The zero-order valence-corrected chi connectivity index (χ0v) is 17.6. The second kappa shape index (κ2) is 9.16. The van der Waals surface area contributed by atoms with Crippen molar-refractivity contribution in [1.82, 2.24) is 15.0 Å². The van der Waals surface area contributed by atoms with Crippen LogP contribution in [0.15, 0.2) is 59.1 Å². The molecule has 0 spiro atoms. The summed E-state index contributed by atoms with van der Waals surface area (Å²) in [5.41, 5.74) is 0.495. The van der Waals surface area contributed by atoms with Crippen LogP contribution >= 0.6 is 11.6 Å². The first-order valence-corrected chi connectivity index (χ1v) is 10.4. The minimum atomic E-state index is -4.39. The molecule has 3 aromatic rings. The van der Waals surface area contributed by atoms with E-state index in [1.54, 1.807) is 17.0 Å². The van der Waals surface area contributed by atoms with E-state index in [0.29, 0.717) is 42.4 Å². The standard InChI is InChI=1S/C23H19ClF3N3O2/c24-19-4-2-1-3-15(19)7-10-20(31)30-13-11-17(12-14-30)22-28-21(29-32-22)16-5-8-18(9-6-16)23(25,26)27/h1-10,17H,11-14H2/b10-7+. The first-order valence-electron chi connectivity index (χ1n) is 10.0. The van der Waals surface area contributed by atoms with Crippen LogP contribution in [0.5, 0.6) is 0 Å². The smallest absolute Gasteiger partial charge is 0.339 e. The summed E-state index contributed by atoms with van der Waals surface area (Å²) in [7, 11) is 0. The summed E-state index contributed by atoms with van der Waals surface area (Å²) in [6.45, 7) is 1.07. The average molecular weight is 462 g/mol. The summed E-state index contributed by atoms with van der Waals surface area (Å²) in [5, 5.41) is 4.49. The highest BCUT2D eigenvalue weighted by Crippen LogP contribution is 2.32. The average Bonchev–Trinajstić information content (AvgIpc) is 3.28. The highest BCUT2D eigenvalue weighted by Gasteiger charge is 2.30. The Balaban J connectivity index is 1.35. The molecule has 2 aromatic carbocycles. The lowest BCUT2D eigenvalue weighted by Gasteiger charge is -2.29. The molecule has 0 atom stereocenters. The van der Waals surface area contributed by atoms with Crippen molar-refractivity contribution >= 4 is 23.6 Å².